The molecule has 0 bridgehead atoms. The number of carbonyl (C=O) groups is 1. The van der Waals surface area contributed by atoms with Crippen LogP contribution in [0.3, 0.4) is 0 Å². The zero-order valence-corrected chi connectivity index (χ0v) is 12.3. The van der Waals surface area contributed by atoms with Gasteiger partial charge in [0.1, 0.15) is 30.5 Å². The molecule has 0 aromatic rings. The van der Waals surface area contributed by atoms with Crippen molar-refractivity contribution in [2.24, 2.45) is 17.2 Å². The third-order valence-corrected chi connectivity index (χ3v) is 3.14. The zero-order valence-electron chi connectivity index (χ0n) is 12.3. The molecule has 0 aromatic carbocycles. The fraction of sp³-hybridized carbons (Fsp3) is 0.917. The second-order valence-electron chi connectivity index (χ2n) is 5.01. The van der Waals surface area contributed by atoms with Gasteiger partial charge in [0, 0.05) is 0 Å². The minimum Gasteiger partial charge on any atom is -0.443 e. The molecule has 11 N–H and O–H groups in total. The highest BCUT2D eigenvalue weighted by atomic mass is 16.6. The van der Waals surface area contributed by atoms with Crippen LogP contribution in [0.4, 0.5) is 0 Å². The Morgan fingerprint density at radius 1 is 1.00 bits per heavy atom. The van der Waals surface area contributed by atoms with Crippen molar-refractivity contribution < 1.29 is 35.1 Å². The van der Waals surface area contributed by atoms with E-state index in [1.54, 1.807) is 0 Å². The maximum Gasteiger partial charge on any atom is 0.324 e. The lowest BCUT2D eigenvalue weighted by molar-refractivity contribution is -0.171. The van der Waals surface area contributed by atoms with Crippen LogP contribution in [0.1, 0.15) is 19.3 Å². The number of rotatable bonds is 11. The quantitative estimate of drug-likeness (QED) is 0.104. The van der Waals surface area contributed by atoms with Crippen LogP contribution in [0.15, 0.2) is 0 Å². The van der Waals surface area contributed by atoms with E-state index >= 15 is 0 Å². The number of nitrogens with two attached hydrogens (primary N) is 3. The number of carbonyl (C=O) groups excluding carboxylic acids is 1. The smallest absolute Gasteiger partial charge is 0.324 e. The average molecular weight is 325 g/mol. The van der Waals surface area contributed by atoms with Crippen LogP contribution in [-0.2, 0) is 9.53 Å². The summed E-state index contributed by atoms with van der Waals surface area (Å²) in [6.07, 6.45) is -7.32. The van der Waals surface area contributed by atoms with E-state index in [-0.39, 0.29) is 0 Å². The summed E-state index contributed by atoms with van der Waals surface area (Å²) in [7, 11) is 0. The van der Waals surface area contributed by atoms with Gasteiger partial charge in [0.25, 0.3) is 0 Å². The van der Waals surface area contributed by atoms with Gasteiger partial charge in [0.15, 0.2) is 6.23 Å². The first-order chi connectivity index (χ1) is 10.3. The molecule has 10 heteroatoms. The second kappa shape index (κ2) is 10.8. The maximum absolute atomic E-state index is 11.6. The molecule has 0 aliphatic heterocycles. The average Bonchev–Trinajstić information content (AvgIpc) is 2.51. The summed E-state index contributed by atoms with van der Waals surface area (Å²) in [5, 5.41) is 46.5. The molecule has 10 nitrogen and oxygen atoms in total. The number of esters is 1. The highest BCUT2D eigenvalue weighted by Gasteiger charge is 2.35. The highest BCUT2D eigenvalue weighted by Crippen LogP contribution is 2.09. The molecule has 6 atom stereocenters. The largest absolute Gasteiger partial charge is 0.443 e. The summed E-state index contributed by atoms with van der Waals surface area (Å²) in [5.74, 6) is -0.868. The van der Waals surface area contributed by atoms with Gasteiger partial charge in [-0.2, -0.15) is 0 Å². The van der Waals surface area contributed by atoms with E-state index in [0.717, 1.165) is 0 Å². The first kappa shape index (κ1) is 21.1. The Labute approximate surface area is 128 Å². The molecule has 0 aromatic heterocycles. The van der Waals surface area contributed by atoms with E-state index in [2.05, 4.69) is 0 Å². The molecule has 0 spiro atoms. The molecule has 0 fully saturated rings. The molecular formula is C12H27N3O7. The van der Waals surface area contributed by atoms with Gasteiger partial charge in [0.05, 0.1) is 6.61 Å². The van der Waals surface area contributed by atoms with Crippen LogP contribution in [-0.4, -0.2) is 81.3 Å². The van der Waals surface area contributed by atoms with Crippen LogP contribution in [0.25, 0.3) is 0 Å². The summed E-state index contributed by atoms with van der Waals surface area (Å²) >= 11 is 0. The monoisotopic (exact) mass is 325 g/mol. The molecule has 132 valence electrons. The van der Waals surface area contributed by atoms with Crippen LogP contribution in [0.2, 0.25) is 0 Å². The zero-order chi connectivity index (χ0) is 17.3. The number of hydrogen-bond acceptors (Lipinski definition) is 10. The van der Waals surface area contributed by atoms with Crippen molar-refractivity contribution in [2.45, 2.75) is 55.9 Å². The third-order valence-electron chi connectivity index (χ3n) is 3.14. The summed E-state index contributed by atoms with van der Waals surface area (Å²) in [4.78, 5) is 11.6. The number of hydrogen-bond donors (Lipinski definition) is 8. The minimum absolute atomic E-state index is 0.327. The summed E-state index contributed by atoms with van der Waals surface area (Å²) in [6.45, 7) is -0.358. The van der Waals surface area contributed by atoms with Crippen LogP contribution < -0.4 is 17.2 Å². The fourth-order valence-electron chi connectivity index (χ4n) is 1.65. The first-order valence-corrected chi connectivity index (χ1v) is 7.01. The summed E-state index contributed by atoms with van der Waals surface area (Å²) < 4.78 is 4.71. The Bertz CT molecular complexity index is 321. The van der Waals surface area contributed by atoms with Crippen molar-refractivity contribution in [3.05, 3.63) is 0 Å². The van der Waals surface area contributed by atoms with Crippen LogP contribution in [0.5, 0.6) is 0 Å². The fourth-order valence-corrected chi connectivity index (χ4v) is 1.65. The molecule has 0 radical (unpaired) electrons. The summed E-state index contributed by atoms with van der Waals surface area (Å²) in [5.41, 5.74) is 16.3. The highest BCUT2D eigenvalue weighted by molar-refractivity contribution is 5.75. The lowest BCUT2D eigenvalue weighted by Crippen LogP contribution is -2.54. The molecule has 0 aliphatic rings. The van der Waals surface area contributed by atoms with Gasteiger partial charge in [-0.3, -0.25) is 10.5 Å². The normalized spacial score (nSPS) is 19.8. The van der Waals surface area contributed by atoms with Crippen molar-refractivity contribution in [2.75, 3.05) is 13.2 Å². The molecular weight excluding hydrogens is 298 g/mol. The SMILES string of the molecule is NCCCC[C@H](N)C(=O)OC(N)[C@H](O)[C@@H](O)[C@H](O)[C@H](O)CO. The Morgan fingerprint density at radius 2 is 1.59 bits per heavy atom. The number of aliphatic hydroxyl groups is 5. The van der Waals surface area contributed by atoms with Gasteiger partial charge in [0.2, 0.25) is 0 Å². The molecule has 0 aliphatic carbocycles. The standard InChI is InChI=1S/C12H27N3O7/c13-4-2-1-3-6(14)12(21)22-11(15)10(20)9(19)8(18)7(17)5-16/h6-11,16-20H,1-5,13-15H2/t6-,7+,8+,9-,10+,11?/m0/s1. The topological polar surface area (TPSA) is 206 Å². The van der Waals surface area contributed by atoms with Gasteiger partial charge in [-0.15, -0.1) is 0 Å². The Kier molecular flexibility index (Phi) is 10.4. The molecule has 0 heterocycles. The van der Waals surface area contributed by atoms with E-state index in [9.17, 15) is 20.1 Å². The number of ether oxygens (including phenoxy) is 1. The van der Waals surface area contributed by atoms with E-state index < -0.39 is 49.3 Å². The first-order valence-electron chi connectivity index (χ1n) is 7.01. The number of aliphatic hydroxyl groups excluding tert-OH is 5. The third kappa shape index (κ3) is 6.94. The second-order valence-corrected chi connectivity index (χ2v) is 5.01. The van der Waals surface area contributed by atoms with Crippen molar-refractivity contribution in [1.29, 1.82) is 0 Å². The molecule has 0 rings (SSSR count). The number of unbranched alkanes of at least 4 members (excludes halogenated alkanes) is 1. The van der Waals surface area contributed by atoms with Gasteiger partial charge in [-0.1, -0.05) is 6.42 Å². The summed E-state index contributed by atoms with van der Waals surface area (Å²) in [6, 6.07) is -0.949. The van der Waals surface area contributed by atoms with Crippen molar-refractivity contribution in [3.63, 3.8) is 0 Å². The molecule has 0 saturated heterocycles. The van der Waals surface area contributed by atoms with E-state index in [1.165, 1.54) is 0 Å². The van der Waals surface area contributed by atoms with Gasteiger partial charge >= 0.3 is 5.97 Å². The predicted molar refractivity (Wildman–Crippen MR) is 76.1 cm³/mol. The van der Waals surface area contributed by atoms with Gasteiger partial charge in [-0.25, -0.2) is 0 Å². The minimum atomic E-state index is -1.92. The molecule has 1 unspecified atom stereocenters. The maximum atomic E-state index is 11.6. The van der Waals surface area contributed by atoms with Crippen molar-refractivity contribution in [1.82, 2.24) is 0 Å². The Morgan fingerprint density at radius 3 is 2.09 bits per heavy atom. The lowest BCUT2D eigenvalue weighted by atomic mass is 10.0. The Hall–Kier alpha value is -0.850. The molecule has 0 amide bonds. The van der Waals surface area contributed by atoms with E-state index in [0.29, 0.717) is 25.8 Å². The van der Waals surface area contributed by atoms with Crippen molar-refractivity contribution >= 4 is 5.97 Å². The molecule has 0 saturated carbocycles. The molecule has 22 heavy (non-hydrogen) atoms. The predicted octanol–water partition coefficient (Wildman–Crippen LogP) is -4.29. The van der Waals surface area contributed by atoms with Gasteiger partial charge in [-0.05, 0) is 19.4 Å². The van der Waals surface area contributed by atoms with Gasteiger partial charge < -0.3 is 41.7 Å². The van der Waals surface area contributed by atoms with Crippen LogP contribution in [0, 0.1) is 0 Å². The van der Waals surface area contributed by atoms with E-state index in [4.69, 9.17) is 32.2 Å². The van der Waals surface area contributed by atoms with Crippen LogP contribution >= 0.6 is 0 Å². The van der Waals surface area contributed by atoms with E-state index in [1.807, 2.05) is 0 Å². The Balaban J connectivity index is 4.38. The lowest BCUT2D eigenvalue weighted by Gasteiger charge is -2.29. The van der Waals surface area contributed by atoms with Crippen molar-refractivity contribution in [3.8, 4) is 0 Å².